The molecule has 5 heteroatoms. The summed E-state index contributed by atoms with van der Waals surface area (Å²) in [5.74, 6) is 1.10. The Morgan fingerprint density at radius 2 is 2.04 bits per heavy atom. The van der Waals surface area contributed by atoms with Crippen LogP contribution >= 0.6 is 0 Å². The summed E-state index contributed by atoms with van der Waals surface area (Å²) in [6.45, 7) is 2.24. The molecule has 0 bridgehead atoms. The van der Waals surface area contributed by atoms with E-state index in [-0.39, 0.29) is 18.1 Å². The van der Waals surface area contributed by atoms with Crippen LogP contribution in [0, 0.1) is 0 Å². The van der Waals surface area contributed by atoms with Crippen molar-refractivity contribution in [2.75, 3.05) is 19.7 Å². The van der Waals surface area contributed by atoms with Crippen LogP contribution in [0.4, 0.5) is 0 Å². The van der Waals surface area contributed by atoms with Gasteiger partial charge in [-0.2, -0.15) is 0 Å². The second-order valence-corrected chi connectivity index (χ2v) is 6.76. The molecule has 5 nitrogen and oxygen atoms in total. The molecule has 0 N–H and O–H groups in total. The first kappa shape index (κ1) is 15.5. The third kappa shape index (κ3) is 2.88. The van der Waals surface area contributed by atoms with Crippen molar-refractivity contribution in [1.29, 1.82) is 0 Å². The Morgan fingerprint density at radius 3 is 2.79 bits per heavy atom. The molecule has 24 heavy (non-hydrogen) atoms. The lowest BCUT2D eigenvalue weighted by Gasteiger charge is -2.33. The number of piperidine rings is 1. The van der Waals surface area contributed by atoms with Gasteiger partial charge >= 0.3 is 0 Å². The van der Waals surface area contributed by atoms with Crippen molar-refractivity contribution in [3.8, 4) is 5.75 Å². The van der Waals surface area contributed by atoms with Gasteiger partial charge in [0, 0.05) is 51.2 Å². The van der Waals surface area contributed by atoms with Crippen LogP contribution in [-0.4, -0.2) is 47.3 Å². The van der Waals surface area contributed by atoms with E-state index in [9.17, 15) is 4.79 Å². The van der Waals surface area contributed by atoms with E-state index < -0.39 is 0 Å². The standard InChI is InChI=1S/C19H24N2O3/c1-20-10-9-15-16(20)4-2-5-17(15)24-14-7-11-21(12-8-14)19(22)18-6-3-13-23-18/h2,4-5,9-10,14,18H,3,6-8,11-13H2,1H3. The van der Waals surface area contributed by atoms with Crippen LogP contribution in [0.5, 0.6) is 5.75 Å². The lowest BCUT2D eigenvalue weighted by molar-refractivity contribution is -0.142. The average molecular weight is 328 g/mol. The molecule has 1 aromatic carbocycles. The molecule has 1 unspecified atom stereocenters. The molecule has 2 aromatic rings. The highest BCUT2D eigenvalue weighted by molar-refractivity contribution is 5.86. The Bertz CT molecular complexity index is 725. The van der Waals surface area contributed by atoms with Gasteiger partial charge in [-0.05, 0) is 31.0 Å². The van der Waals surface area contributed by atoms with Gasteiger partial charge in [0.25, 0.3) is 5.91 Å². The number of ether oxygens (including phenoxy) is 2. The molecular weight excluding hydrogens is 304 g/mol. The SMILES string of the molecule is Cn1ccc2c(OC3CCN(C(=O)C4CCCO4)CC3)cccc21. The number of aromatic nitrogens is 1. The molecule has 4 rings (SSSR count). The maximum Gasteiger partial charge on any atom is 0.251 e. The number of rotatable bonds is 3. The zero-order chi connectivity index (χ0) is 16.5. The Balaban J connectivity index is 1.38. The number of likely N-dealkylation sites (tertiary alicyclic amines) is 1. The summed E-state index contributed by atoms with van der Waals surface area (Å²) in [5.41, 5.74) is 1.18. The minimum absolute atomic E-state index is 0.163. The Morgan fingerprint density at radius 1 is 1.21 bits per heavy atom. The van der Waals surface area contributed by atoms with Gasteiger partial charge in [0.15, 0.2) is 0 Å². The monoisotopic (exact) mass is 328 g/mol. The maximum atomic E-state index is 12.4. The van der Waals surface area contributed by atoms with E-state index in [1.165, 1.54) is 5.52 Å². The third-order valence-corrected chi connectivity index (χ3v) is 5.14. The van der Waals surface area contributed by atoms with Crippen LogP contribution in [0.15, 0.2) is 30.5 Å². The maximum absolute atomic E-state index is 12.4. The van der Waals surface area contributed by atoms with Crippen LogP contribution in [0.1, 0.15) is 25.7 Å². The summed E-state index contributed by atoms with van der Waals surface area (Å²) in [6, 6.07) is 8.27. The van der Waals surface area contributed by atoms with Crippen molar-refractivity contribution in [1.82, 2.24) is 9.47 Å². The molecule has 1 aromatic heterocycles. The van der Waals surface area contributed by atoms with Crippen molar-refractivity contribution in [2.45, 2.75) is 37.9 Å². The largest absolute Gasteiger partial charge is 0.490 e. The summed E-state index contributed by atoms with van der Waals surface area (Å²) >= 11 is 0. The van der Waals surface area contributed by atoms with Gasteiger partial charge in [0.1, 0.15) is 18.0 Å². The summed E-state index contributed by atoms with van der Waals surface area (Å²) in [7, 11) is 2.04. The van der Waals surface area contributed by atoms with Crippen molar-refractivity contribution in [2.24, 2.45) is 7.05 Å². The van der Waals surface area contributed by atoms with Gasteiger partial charge in [-0.1, -0.05) is 6.07 Å². The molecule has 3 heterocycles. The number of hydrogen-bond acceptors (Lipinski definition) is 3. The summed E-state index contributed by atoms with van der Waals surface area (Å²) in [4.78, 5) is 14.3. The molecule has 0 saturated carbocycles. The molecule has 0 radical (unpaired) electrons. The molecule has 1 atom stereocenters. The number of aryl methyl sites for hydroxylation is 1. The number of benzene rings is 1. The fourth-order valence-electron chi connectivity index (χ4n) is 3.73. The number of hydrogen-bond donors (Lipinski definition) is 0. The van der Waals surface area contributed by atoms with Crippen LogP contribution in [0.25, 0.3) is 10.9 Å². The quantitative estimate of drug-likeness (QED) is 0.870. The van der Waals surface area contributed by atoms with E-state index >= 15 is 0 Å². The van der Waals surface area contributed by atoms with E-state index in [1.54, 1.807) is 0 Å². The second kappa shape index (κ2) is 6.48. The first-order valence-corrected chi connectivity index (χ1v) is 8.83. The van der Waals surface area contributed by atoms with Gasteiger partial charge in [-0.3, -0.25) is 4.79 Å². The lowest BCUT2D eigenvalue weighted by atomic mass is 10.1. The highest BCUT2D eigenvalue weighted by atomic mass is 16.5. The topological polar surface area (TPSA) is 43.7 Å². The smallest absolute Gasteiger partial charge is 0.251 e. The van der Waals surface area contributed by atoms with E-state index in [0.717, 1.165) is 56.5 Å². The normalized spacial score (nSPS) is 22.2. The number of carbonyl (C=O) groups is 1. The predicted octanol–water partition coefficient (Wildman–Crippen LogP) is 2.73. The predicted molar refractivity (Wildman–Crippen MR) is 92.1 cm³/mol. The molecule has 1 amide bonds. The first-order valence-electron chi connectivity index (χ1n) is 8.83. The van der Waals surface area contributed by atoms with Crippen LogP contribution in [0.2, 0.25) is 0 Å². The third-order valence-electron chi connectivity index (χ3n) is 5.14. The van der Waals surface area contributed by atoms with Crippen molar-refractivity contribution in [3.63, 3.8) is 0 Å². The van der Waals surface area contributed by atoms with E-state index in [1.807, 2.05) is 24.1 Å². The van der Waals surface area contributed by atoms with Crippen LogP contribution in [0.3, 0.4) is 0 Å². The zero-order valence-corrected chi connectivity index (χ0v) is 14.1. The zero-order valence-electron chi connectivity index (χ0n) is 14.1. The van der Waals surface area contributed by atoms with E-state index in [4.69, 9.17) is 9.47 Å². The van der Waals surface area contributed by atoms with Crippen molar-refractivity contribution >= 4 is 16.8 Å². The van der Waals surface area contributed by atoms with Crippen molar-refractivity contribution in [3.05, 3.63) is 30.5 Å². The molecule has 128 valence electrons. The molecule has 2 aliphatic heterocycles. The van der Waals surface area contributed by atoms with Gasteiger partial charge < -0.3 is 18.9 Å². The average Bonchev–Trinajstić information content (AvgIpc) is 3.26. The van der Waals surface area contributed by atoms with Crippen molar-refractivity contribution < 1.29 is 14.3 Å². The second-order valence-electron chi connectivity index (χ2n) is 6.76. The van der Waals surface area contributed by atoms with Gasteiger partial charge in [0.2, 0.25) is 0 Å². The minimum Gasteiger partial charge on any atom is -0.490 e. The van der Waals surface area contributed by atoms with E-state index in [0.29, 0.717) is 0 Å². The highest BCUT2D eigenvalue weighted by Gasteiger charge is 2.31. The first-order chi connectivity index (χ1) is 11.7. The Hall–Kier alpha value is -2.01. The number of amides is 1. The van der Waals surface area contributed by atoms with Crippen LogP contribution < -0.4 is 4.74 Å². The molecule has 2 fully saturated rings. The molecule has 0 aliphatic carbocycles. The Labute approximate surface area is 142 Å². The fourth-order valence-corrected chi connectivity index (χ4v) is 3.73. The summed E-state index contributed by atoms with van der Waals surface area (Å²) in [6.07, 6.45) is 5.64. The minimum atomic E-state index is -0.208. The lowest BCUT2D eigenvalue weighted by Crippen LogP contribution is -2.45. The molecule has 2 aliphatic rings. The molecule has 0 spiro atoms. The number of fused-ring (bicyclic) bond motifs is 1. The van der Waals surface area contributed by atoms with Gasteiger partial charge in [0.05, 0.1) is 5.52 Å². The molecular formula is C19H24N2O3. The highest BCUT2D eigenvalue weighted by Crippen LogP contribution is 2.29. The number of carbonyl (C=O) groups excluding carboxylic acids is 1. The summed E-state index contributed by atoms with van der Waals surface area (Å²) < 4.78 is 13.9. The Kier molecular flexibility index (Phi) is 4.19. The van der Waals surface area contributed by atoms with E-state index in [2.05, 4.69) is 22.9 Å². The fraction of sp³-hybridized carbons (Fsp3) is 0.526. The van der Waals surface area contributed by atoms with Gasteiger partial charge in [-0.25, -0.2) is 0 Å². The van der Waals surface area contributed by atoms with Crippen LogP contribution in [-0.2, 0) is 16.6 Å². The number of nitrogens with zero attached hydrogens (tertiary/aromatic N) is 2. The summed E-state index contributed by atoms with van der Waals surface area (Å²) in [5, 5.41) is 1.15. The van der Waals surface area contributed by atoms with Gasteiger partial charge in [-0.15, -0.1) is 0 Å². The molecule has 2 saturated heterocycles.